The van der Waals surface area contributed by atoms with E-state index in [2.05, 4.69) is 15.9 Å². The highest BCUT2D eigenvalue weighted by atomic mass is 79.9. The first-order valence-corrected chi connectivity index (χ1v) is 9.85. The van der Waals surface area contributed by atoms with E-state index in [1.54, 1.807) is 18.2 Å². The fourth-order valence-electron chi connectivity index (χ4n) is 2.33. The number of rotatable bonds is 4. The summed E-state index contributed by atoms with van der Waals surface area (Å²) in [5.41, 5.74) is 1.54. The molecule has 3 rings (SSSR count). The normalized spacial score (nSPS) is 16.0. The number of carbonyl (C=O) groups is 1. The molecule has 25 heavy (non-hydrogen) atoms. The van der Waals surface area contributed by atoms with E-state index in [1.165, 1.54) is 16.7 Å². The number of thiocarbonyl (C=S) groups is 1. The number of ether oxygens (including phenoxy) is 1. The van der Waals surface area contributed by atoms with Gasteiger partial charge in [-0.25, -0.2) is 0 Å². The second-order valence-electron chi connectivity index (χ2n) is 5.12. The van der Waals surface area contributed by atoms with Gasteiger partial charge in [-0.3, -0.25) is 9.69 Å². The largest absolute Gasteiger partial charge is 0.494 e. The zero-order valence-corrected chi connectivity index (χ0v) is 17.1. The molecule has 1 amide bonds. The van der Waals surface area contributed by atoms with Crippen molar-refractivity contribution in [3.63, 3.8) is 0 Å². The lowest BCUT2D eigenvalue weighted by Crippen LogP contribution is -2.27. The molecule has 0 radical (unpaired) electrons. The first kappa shape index (κ1) is 18.5. The molecule has 1 aliphatic heterocycles. The van der Waals surface area contributed by atoms with Crippen LogP contribution in [0.25, 0.3) is 6.08 Å². The van der Waals surface area contributed by atoms with E-state index in [-0.39, 0.29) is 5.91 Å². The second-order valence-corrected chi connectivity index (χ2v) is 8.06. The van der Waals surface area contributed by atoms with Crippen molar-refractivity contribution in [2.24, 2.45) is 0 Å². The molecule has 1 aliphatic rings. The highest BCUT2D eigenvalue weighted by Crippen LogP contribution is 2.38. The molecule has 1 fully saturated rings. The predicted molar refractivity (Wildman–Crippen MR) is 112 cm³/mol. The van der Waals surface area contributed by atoms with E-state index in [9.17, 15) is 4.79 Å². The van der Waals surface area contributed by atoms with Crippen molar-refractivity contribution in [2.75, 3.05) is 11.5 Å². The average molecular weight is 455 g/mol. The van der Waals surface area contributed by atoms with E-state index < -0.39 is 0 Å². The van der Waals surface area contributed by atoms with Gasteiger partial charge in [-0.15, -0.1) is 0 Å². The van der Waals surface area contributed by atoms with Gasteiger partial charge in [-0.1, -0.05) is 47.7 Å². The molecule has 0 aliphatic carbocycles. The average Bonchev–Trinajstić information content (AvgIpc) is 2.85. The molecule has 3 nitrogen and oxygen atoms in total. The third-order valence-corrected chi connectivity index (χ3v) is 5.96. The summed E-state index contributed by atoms with van der Waals surface area (Å²) in [6.07, 6.45) is 1.82. The Morgan fingerprint density at radius 3 is 2.84 bits per heavy atom. The van der Waals surface area contributed by atoms with Crippen LogP contribution >= 0.6 is 51.5 Å². The van der Waals surface area contributed by atoms with Gasteiger partial charge in [-0.2, -0.15) is 0 Å². The highest BCUT2D eigenvalue weighted by molar-refractivity contribution is 9.10. The van der Waals surface area contributed by atoms with Crippen molar-refractivity contribution in [1.29, 1.82) is 0 Å². The monoisotopic (exact) mass is 453 g/mol. The number of benzene rings is 2. The molecule has 0 atom stereocenters. The zero-order valence-electron chi connectivity index (χ0n) is 13.2. The fourth-order valence-corrected chi connectivity index (χ4v) is 4.05. The topological polar surface area (TPSA) is 29.5 Å². The van der Waals surface area contributed by atoms with Gasteiger partial charge in [0.15, 0.2) is 4.32 Å². The Morgan fingerprint density at radius 1 is 1.32 bits per heavy atom. The van der Waals surface area contributed by atoms with Crippen LogP contribution in [0.1, 0.15) is 12.5 Å². The van der Waals surface area contributed by atoms with Crippen LogP contribution in [0.3, 0.4) is 0 Å². The number of thioether (sulfide) groups is 1. The van der Waals surface area contributed by atoms with Crippen LogP contribution in [0.4, 0.5) is 5.69 Å². The van der Waals surface area contributed by atoms with Crippen molar-refractivity contribution < 1.29 is 9.53 Å². The molecule has 2 aromatic carbocycles. The first-order chi connectivity index (χ1) is 12.0. The van der Waals surface area contributed by atoms with Gasteiger partial charge in [0.25, 0.3) is 5.91 Å². The van der Waals surface area contributed by atoms with Gasteiger partial charge in [0.1, 0.15) is 5.75 Å². The van der Waals surface area contributed by atoms with Crippen LogP contribution in [0.5, 0.6) is 5.75 Å². The summed E-state index contributed by atoms with van der Waals surface area (Å²) < 4.78 is 6.75. The molecule has 0 aromatic heterocycles. The van der Waals surface area contributed by atoms with E-state index in [0.717, 1.165) is 15.8 Å². The Bertz CT molecular complexity index is 885. The summed E-state index contributed by atoms with van der Waals surface area (Å²) in [5.74, 6) is 0.613. The Hall–Kier alpha value is -1.34. The Kier molecular flexibility index (Phi) is 5.84. The fraction of sp³-hybridized carbons (Fsp3) is 0.111. The summed E-state index contributed by atoms with van der Waals surface area (Å²) in [5, 5.41) is 0.528. The minimum Gasteiger partial charge on any atom is -0.494 e. The lowest BCUT2D eigenvalue weighted by molar-refractivity contribution is -0.113. The number of halogens is 2. The van der Waals surface area contributed by atoms with E-state index in [4.69, 9.17) is 28.6 Å². The van der Waals surface area contributed by atoms with Gasteiger partial charge in [0.05, 0.1) is 22.2 Å². The van der Waals surface area contributed by atoms with Gasteiger partial charge in [-0.05, 0) is 64.8 Å². The number of nitrogens with zero attached hydrogens (tertiary/aromatic N) is 1. The van der Waals surface area contributed by atoms with Crippen molar-refractivity contribution in [1.82, 2.24) is 0 Å². The maximum absolute atomic E-state index is 12.8. The summed E-state index contributed by atoms with van der Waals surface area (Å²) in [7, 11) is 0. The SMILES string of the molecule is CCOc1cccc(/C=C2\SC(=S)N(c3ccc(Br)c(Cl)c3)C2=O)c1. The molecule has 0 saturated carbocycles. The van der Waals surface area contributed by atoms with Gasteiger partial charge in [0, 0.05) is 4.47 Å². The zero-order chi connectivity index (χ0) is 18.0. The lowest BCUT2D eigenvalue weighted by Gasteiger charge is -2.15. The van der Waals surface area contributed by atoms with E-state index in [1.807, 2.05) is 37.3 Å². The van der Waals surface area contributed by atoms with Gasteiger partial charge < -0.3 is 4.74 Å². The van der Waals surface area contributed by atoms with E-state index in [0.29, 0.717) is 26.5 Å². The number of amides is 1. The quantitative estimate of drug-likeness (QED) is 0.424. The third kappa shape index (κ3) is 4.08. The van der Waals surface area contributed by atoms with Gasteiger partial charge in [0.2, 0.25) is 0 Å². The molecule has 1 saturated heterocycles. The van der Waals surface area contributed by atoms with Crippen molar-refractivity contribution in [2.45, 2.75) is 6.92 Å². The summed E-state index contributed by atoms with van der Waals surface area (Å²) in [4.78, 5) is 14.9. The standard InChI is InChI=1S/C18H13BrClNO2S2/c1-2-23-13-5-3-4-11(8-13)9-16-17(22)21(18(24)25-16)12-6-7-14(19)15(20)10-12/h3-10H,2H2,1H3/b16-9-. The van der Waals surface area contributed by atoms with Crippen LogP contribution in [-0.4, -0.2) is 16.8 Å². The third-order valence-electron chi connectivity index (χ3n) is 3.42. The molecule has 0 unspecified atom stereocenters. The molecule has 1 heterocycles. The van der Waals surface area contributed by atoms with E-state index >= 15 is 0 Å². The van der Waals surface area contributed by atoms with Crippen LogP contribution in [-0.2, 0) is 4.79 Å². The van der Waals surface area contributed by atoms with Crippen LogP contribution < -0.4 is 9.64 Å². The molecule has 2 aromatic rings. The van der Waals surface area contributed by atoms with Crippen LogP contribution in [0, 0.1) is 0 Å². The minimum atomic E-state index is -0.157. The number of carbonyl (C=O) groups excluding carboxylic acids is 1. The molecule has 0 N–H and O–H groups in total. The predicted octanol–water partition coefficient (Wildman–Crippen LogP) is 5.91. The first-order valence-electron chi connectivity index (χ1n) is 7.45. The molecular formula is C18H13BrClNO2S2. The number of hydrogen-bond donors (Lipinski definition) is 0. The van der Waals surface area contributed by atoms with Crippen molar-refractivity contribution in [3.05, 3.63) is 62.4 Å². The summed E-state index contributed by atoms with van der Waals surface area (Å²) >= 11 is 16.1. The minimum absolute atomic E-state index is 0.157. The maximum atomic E-state index is 12.8. The molecule has 0 bridgehead atoms. The summed E-state index contributed by atoms with van der Waals surface area (Å²) in [6, 6.07) is 12.9. The smallest absolute Gasteiger partial charge is 0.270 e. The highest BCUT2D eigenvalue weighted by Gasteiger charge is 2.33. The number of hydrogen-bond acceptors (Lipinski definition) is 4. The molecular weight excluding hydrogens is 442 g/mol. The Morgan fingerprint density at radius 2 is 2.12 bits per heavy atom. The summed E-state index contributed by atoms with van der Waals surface area (Å²) in [6.45, 7) is 2.52. The van der Waals surface area contributed by atoms with Crippen molar-refractivity contribution in [3.8, 4) is 5.75 Å². The molecule has 7 heteroatoms. The van der Waals surface area contributed by atoms with Crippen LogP contribution in [0.15, 0.2) is 51.8 Å². The second kappa shape index (κ2) is 7.91. The molecule has 128 valence electrons. The molecule has 0 spiro atoms. The van der Waals surface area contributed by atoms with Crippen LogP contribution in [0.2, 0.25) is 5.02 Å². The Balaban J connectivity index is 1.90. The van der Waals surface area contributed by atoms with Gasteiger partial charge >= 0.3 is 0 Å². The Labute approximate surface area is 169 Å². The number of anilines is 1. The van der Waals surface area contributed by atoms with Crippen molar-refractivity contribution >= 4 is 73.5 Å². The maximum Gasteiger partial charge on any atom is 0.270 e. The lowest BCUT2D eigenvalue weighted by atomic mass is 10.2.